The highest BCUT2D eigenvalue weighted by Gasteiger charge is 2.34. The van der Waals surface area contributed by atoms with E-state index in [9.17, 15) is 14.4 Å². The second-order valence-electron chi connectivity index (χ2n) is 11.8. The van der Waals surface area contributed by atoms with Gasteiger partial charge in [-0.2, -0.15) is 4.98 Å². The highest BCUT2D eigenvalue weighted by Crippen LogP contribution is 2.36. The fraction of sp³-hybridized carbons (Fsp3) is 0.297. The molecule has 11 nitrogen and oxygen atoms in total. The smallest absolute Gasteiger partial charge is 0.249 e. The molecule has 3 aromatic carbocycles. The summed E-state index contributed by atoms with van der Waals surface area (Å²) in [5.41, 5.74) is 2.18. The zero-order valence-electron chi connectivity index (χ0n) is 27.9. The third-order valence-corrected chi connectivity index (χ3v) is 10.1. The summed E-state index contributed by atoms with van der Waals surface area (Å²) < 4.78 is 11.1. The zero-order valence-corrected chi connectivity index (χ0v) is 29.5. The van der Waals surface area contributed by atoms with Gasteiger partial charge in [0, 0.05) is 67.9 Å². The molecule has 1 N–H and O–H groups in total. The van der Waals surface area contributed by atoms with Crippen LogP contribution in [0.2, 0.25) is 0 Å². The van der Waals surface area contributed by atoms with Crippen molar-refractivity contribution < 1.29 is 23.9 Å². The summed E-state index contributed by atoms with van der Waals surface area (Å²) in [6.45, 7) is 2.01. The summed E-state index contributed by atoms with van der Waals surface area (Å²) in [4.78, 5) is 55.5. The maximum atomic E-state index is 13.9. The Morgan fingerprint density at radius 2 is 1.60 bits per heavy atom. The lowest BCUT2D eigenvalue weighted by atomic mass is 10.1. The fourth-order valence-corrected chi connectivity index (χ4v) is 7.45. The summed E-state index contributed by atoms with van der Waals surface area (Å²) in [7, 11) is 3.10. The number of anilines is 2. The van der Waals surface area contributed by atoms with Gasteiger partial charge in [-0.05, 0) is 17.7 Å². The van der Waals surface area contributed by atoms with Crippen LogP contribution in [-0.4, -0.2) is 100 Å². The predicted octanol–water partition coefficient (Wildman–Crippen LogP) is 5.31. The van der Waals surface area contributed by atoms with E-state index < -0.39 is 6.04 Å². The number of ketones is 1. The van der Waals surface area contributed by atoms with Crippen molar-refractivity contribution >= 4 is 75.3 Å². The van der Waals surface area contributed by atoms with Gasteiger partial charge >= 0.3 is 0 Å². The molecule has 0 bridgehead atoms. The minimum absolute atomic E-state index is 0.0130. The van der Waals surface area contributed by atoms with Crippen LogP contribution in [0, 0.1) is 0 Å². The Labute approximate surface area is 300 Å². The van der Waals surface area contributed by atoms with Gasteiger partial charge in [0.25, 0.3) is 0 Å². The van der Waals surface area contributed by atoms with Crippen molar-refractivity contribution in [1.29, 1.82) is 0 Å². The standard InChI is InChI=1S/C37H38N6O5S2/c1-47-31-21-27-28(22-32(31)48-2)38-37(42-19-17-41(18-20-42)33(45)15-13-25-9-5-3-6-10-25)40-35(27)39-36(46)29-23-50-24-43(29)34(49)16-14-30(44)26-11-7-4-8-12-26/h3-13,15,21-22,29H,14,16-20,23-24H2,1-2H3,(H,38,39,40,46). The van der Waals surface area contributed by atoms with Crippen LogP contribution in [-0.2, 0) is 9.59 Å². The molecule has 0 aliphatic carbocycles. The minimum Gasteiger partial charge on any atom is -0.493 e. The number of amides is 2. The summed E-state index contributed by atoms with van der Waals surface area (Å²) in [5.74, 6) is 2.54. The molecular weight excluding hydrogens is 673 g/mol. The van der Waals surface area contributed by atoms with Crippen LogP contribution in [0.3, 0.4) is 0 Å². The van der Waals surface area contributed by atoms with E-state index in [4.69, 9.17) is 31.7 Å². The van der Waals surface area contributed by atoms with Gasteiger partial charge in [0.2, 0.25) is 17.8 Å². The lowest BCUT2D eigenvalue weighted by Crippen LogP contribution is -2.49. The van der Waals surface area contributed by atoms with E-state index in [2.05, 4.69) is 5.32 Å². The molecule has 0 spiro atoms. The van der Waals surface area contributed by atoms with Crippen molar-refractivity contribution in [3.8, 4) is 11.5 Å². The van der Waals surface area contributed by atoms with Crippen molar-refractivity contribution in [1.82, 2.24) is 19.8 Å². The van der Waals surface area contributed by atoms with Gasteiger partial charge in [0.05, 0.1) is 30.6 Å². The van der Waals surface area contributed by atoms with Crippen molar-refractivity contribution in [3.05, 3.63) is 90.0 Å². The van der Waals surface area contributed by atoms with E-state index >= 15 is 0 Å². The molecule has 2 fully saturated rings. The van der Waals surface area contributed by atoms with Crippen LogP contribution in [0.1, 0.15) is 28.8 Å². The molecule has 3 heterocycles. The molecule has 0 saturated carbocycles. The number of benzene rings is 3. The van der Waals surface area contributed by atoms with Crippen molar-refractivity contribution in [2.24, 2.45) is 0 Å². The second kappa shape index (κ2) is 16.1. The number of ether oxygens (including phenoxy) is 2. The number of rotatable bonds is 11. The number of thioether (sulfide) groups is 1. The van der Waals surface area contributed by atoms with Crippen LogP contribution in [0.4, 0.5) is 11.8 Å². The molecule has 2 saturated heterocycles. The molecular formula is C37H38N6O5S2. The van der Waals surface area contributed by atoms with Gasteiger partial charge in [-0.25, -0.2) is 4.98 Å². The maximum Gasteiger partial charge on any atom is 0.249 e. The van der Waals surface area contributed by atoms with Crippen LogP contribution >= 0.6 is 24.0 Å². The summed E-state index contributed by atoms with van der Waals surface area (Å²) >= 11 is 7.35. The lowest BCUT2D eigenvalue weighted by Gasteiger charge is -2.34. The molecule has 2 aliphatic rings. The average Bonchev–Trinajstić information content (AvgIpc) is 3.67. The van der Waals surface area contributed by atoms with Crippen LogP contribution < -0.4 is 19.7 Å². The van der Waals surface area contributed by atoms with Crippen LogP contribution in [0.25, 0.3) is 17.0 Å². The molecule has 258 valence electrons. The van der Waals surface area contributed by atoms with E-state index in [1.165, 1.54) is 0 Å². The molecule has 13 heteroatoms. The number of hydrogen-bond donors (Lipinski definition) is 1. The number of methoxy groups -OCH3 is 2. The van der Waals surface area contributed by atoms with E-state index in [0.717, 1.165) is 5.56 Å². The Morgan fingerprint density at radius 1 is 0.920 bits per heavy atom. The number of Topliss-reactive ketones (excluding diaryl/α,β-unsaturated/α-hetero) is 1. The van der Waals surface area contributed by atoms with Gasteiger partial charge < -0.3 is 29.5 Å². The van der Waals surface area contributed by atoms with Crippen LogP contribution in [0.5, 0.6) is 11.5 Å². The Bertz CT molecular complexity index is 1900. The summed E-state index contributed by atoms with van der Waals surface area (Å²) in [5, 5.41) is 3.65. The molecule has 1 atom stereocenters. The van der Waals surface area contributed by atoms with Gasteiger partial charge in [-0.15, -0.1) is 11.8 Å². The number of thiocarbonyl (C=S) groups is 1. The molecule has 50 heavy (non-hydrogen) atoms. The Morgan fingerprint density at radius 3 is 2.30 bits per heavy atom. The van der Waals surface area contributed by atoms with Crippen molar-refractivity contribution in [3.63, 3.8) is 0 Å². The Kier molecular flexibility index (Phi) is 11.2. The first-order valence-electron chi connectivity index (χ1n) is 16.3. The summed E-state index contributed by atoms with van der Waals surface area (Å²) in [6, 6.07) is 21.8. The predicted molar refractivity (Wildman–Crippen MR) is 201 cm³/mol. The molecule has 0 radical (unpaired) electrons. The topological polar surface area (TPSA) is 117 Å². The normalized spacial score (nSPS) is 16.1. The molecule has 1 unspecified atom stereocenters. The number of aromatic nitrogens is 2. The van der Waals surface area contributed by atoms with E-state index in [1.807, 2.05) is 64.4 Å². The van der Waals surface area contributed by atoms with Crippen LogP contribution in [0.15, 0.2) is 78.9 Å². The van der Waals surface area contributed by atoms with E-state index in [1.54, 1.807) is 61.2 Å². The number of carbonyl (C=O) groups is 3. The van der Waals surface area contributed by atoms with E-state index in [-0.39, 0.29) is 24.0 Å². The third-order valence-electron chi connectivity index (χ3n) is 8.69. The van der Waals surface area contributed by atoms with Gasteiger partial charge in [-0.1, -0.05) is 72.9 Å². The largest absolute Gasteiger partial charge is 0.493 e. The second-order valence-corrected chi connectivity index (χ2v) is 13.3. The highest BCUT2D eigenvalue weighted by atomic mass is 32.2. The zero-order chi connectivity index (χ0) is 35.0. The van der Waals surface area contributed by atoms with Gasteiger partial charge in [0.15, 0.2) is 17.3 Å². The van der Waals surface area contributed by atoms with E-state index in [0.29, 0.717) is 88.9 Å². The molecule has 6 rings (SSSR count). The summed E-state index contributed by atoms with van der Waals surface area (Å²) in [6.07, 6.45) is 4.06. The maximum absolute atomic E-state index is 13.9. The monoisotopic (exact) mass is 710 g/mol. The van der Waals surface area contributed by atoms with Crippen molar-refractivity contribution in [2.75, 3.05) is 62.2 Å². The third kappa shape index (κ3) is 8.06. The fourth-order valence-electron chi connectivity index (χ4n) is 5.88. The first-order valence-corrected chi connectivity index (χ1v) is 17.9. The SMILES string of the molecule is COc1cc2nc(N3CCN(C(=O)C=Cc4ccccc4)CC3)nc(NC(=O)C3CSCN3C(=S)CCC(=O)c3ccccc3)c2cc1OC. The minimum atomic E-state index is -0.536. The quantitative estimate of drug-likeness (QED) is 0.124. The first-order chi connectivity index (χ1) is 24.3. The van der Waals surface area contributed by atoms with Gasteiger partial charge in [-0.3, -0.25) is 14.4 Å². The lowest BCUT2D eigenvalue weighted by molar-refractivity contribution is -0.126. The highest BCUT2D eigenvalue weighted by molar-refractivity contribution is 7.99. The number of carbonyl (C=O) groups excluding carboxylic acids is 3. The molecule has 2 amide bonds. The van der Waals surface area contributed by atoms with Crippen molar-refractivity contribution in [2.45, 2.75) is 18.9 Å². The number of fused-ring (bicyclic) bond motifs is 1. The molecule has 1 aromatic heterocycles. The number of nitrogens with zero attached hydrogens (tertiary/aromatic N) is 5. The molecule has 4 aromatic rings. The first kappa shape index (κ1) is 34.8. The number of nitrogens with one attached hydrogen (secondary N) is 1. The average molecular weight is 711 g/mol. The molecule has 2 aliphatic heterocycles. The number of piperazine rings is 1. The van der Waals surface area contributed by atoms with Gasteiger partial charge in [0.1, 0.15) is 11.9 Å². The number of hydrogen-bond acceptors (Lipinski definition) is 10. The Balaban J connectivity index is 1.18. The Hall–Kier alpha value is -5.01.